The third-order valence-corrected chi connectivity index (χ3v) is 3.23. The van der Waals surface area contributed by atoms with E-state index < -0.39 is 0 Å². The summed E-state index contributed by atoms with van der Waals surface area (Å²) >= 11 is 0. The highest BCUT2D eigenvalue weighted by Gasteiger charge is 2.29. The van der Waals surface area contributed by atoms with Gasteiger partial charge in [0, 0.05) is 44.6 Å². The summed E-state index contributed by atoms with van der Waals surface area (Å²) in [6.07, 6.45) is 3.87. The highest BCUT2D eigenvalue weighted by Crippen LogP contribution is 2.18. The van der Waals surface area contributed by atoms with Crippen LogP contribution in [0.1, 0.15) is 19.7 Å². The van der Waals surface area contributed by atoms with Crippen LogP contribution in [0.15, 0.2) is 12.4 Å². The number of aromatic nitrogens is 2. The van der Waals surface area contributed by atoms with Crippen molar-refractivity contribution in [3.8, 4) is 0 Å². The molecule has 0 spiro atoms. The summed E-state index contributed by atoms with van der Waals surface area (Å²) in [4.78, 5) is 6.87. The molecule has 4 heteroatoms. The molecule has 1 aliphatic heterocycles. The van der Waals surface area contributed by atoms with E-state index in [4.69, 9.17) is 0 Å². The van der Waals surface area contributed by atoms with Gasteiger partial charge in [0.15, 0.2) is 0 Å². The molecule has 0 aliphatic carbocycles. The van der Waals surface area contributed by atoms with Crippen molar-refractivity contribution in [1.82, 2.24) is 19.8 Å². The van der Waals surface area contributed by atoms with Gasteiger partial charge in [-0.05, 0) is 13.8 Å². The lowest BCUT2D eigenvalue weighted by molar-refractivity contribution is 0.0791. The summed E-state index contributed by atoms with van der Waals surface area (Å²) in [7, 11) is 2.05. The molecule has 1 saturated heterocycles. The molecule has 1 aliphatic rings. The molecule has 1 aromatic heterocycles. The second-order valence-electron chi connectivity index (χ2n) is 4.87. The van der Waals surface area contributed by atoms with Crippen LogP contribution in [-0.2, 0) is 13.6 Å². The van der Waals surface area contributed by atoms with Gasteiger partial charge < -0.3 is 9.88 Å². The van der Waals surface area contributed by atoms with E-state index in [0.29, 0.717) is 0 Å². The van der Waals surface area contributed by atoms with Gasteiger partial charge >= 0.3 is 0 Å². The normalized spacial score (nSPS) is 21.8. The van der Waals surface area contributed by atoms with E-state index in [1.54, 1.807) is 0 Å². The molecule has 0 aromatic carbocycles. The third-order valence-electron chi connectivity index (χ3n) is 3.23. The monoisotopic (exact) mass is 208 g/mol. The molecule has 84 valence electrons. The van der Waals surface area contributed by atoms with Crippen LogP contribution in [0.2, 0.25) is 0 Å². The molecule has 1 fully saturated rings. The van der Waals surface area contributed by atoms with Crippen LogP contribution in [0.5, 0.6) is 0 Å². The molecule has 0 radical (unpaired) electrons. The van der Waals surface area contributed by atoms with Crippen LogP contribution < -0.4 is 5.32 Å². The molecule has 0 bridgehead atoms. The molecule has 0 atom stereocenters. The molecular formula is C11H20N4. The lowest BCUT2D eigenvalue weighted by Gasteiger charge is -2.42. The smallest absolute Gasteiger partial charge is 0.122 e. The van der Waals surface area contributed by atoms with E-state index in [2.05, 4.69) is 40.7 Å². The van der Waals surface area contributed by atoms with Crippen LogP contribution >= 0.6 is 0 Å². The minimum absolute atomic E-state index is 0.226. The van der Waals surface area contributed by atoms with Crippen molar-refractivity contribution in [3.05, 3.63) is 18.2 Å². The van der Waals surface area contributed by atoms with Crippen molar-refractivity contribution in [2.75, 3.05) is 19.6 Å². The Labute approximate surface area is 91.3 Å². The molecule has 2 heterocycles. The van der Waals surface area contributed by atoms with Crippen LogP contribution in [0.25, 0.3) is 0 Å². The number of hydrogen-bond acceptors (Lipinski definition) is 3. The largest absolute Gasteiger partial charge is 0.337 e. The van der Waals surface area contributed by atoms with Crippen molar-refractivity contribution in [1.29, 1.82) is 0 Å². The number of aryl methyl sites for hydroxylation is 1. The summed E-state index contributed by atoms with van der Waals surface area (Å²) in [5, 5.41) is 3.43. The van der Waals surface area contributed by atoms with Crippen LogP contribution in [-0.4, -0.2) is 39.6 Å². The number of nitrogens with zero attached hydrogens (tertiary/aromatic N) is 3. The van der Waals surface area contributed by atoms with Gasteiger partial charge in [0.2, 0.25) is 0 Å². The Hall–Kier alpha value is -0.870. The first-order valence-corrected chi connectivity index (χ1v) is 5.51. The third kappa shape index (κ3) is 2.21. The zero-order valence-electron chi connectivity index (χ0n) is 9.82. The molecule has 4 nitrogen and oxygen atoms in total. The van der Waals surface area contributed by atoms with E-state index in [1.165, 1.54) is 0 Å². The summed E-state index contributed by atoms with van der Waals surface area (Å²) in [6, 6.07) is 0. The van der Waals surface area contributed by atoms with Gasteiger partial charge in [-0.25, -0.2) is 4.98 Å². The first kappa shape index (κ1) is 10.6. The van der Waals surface area contributed by atoms with E-state index in [9.17, 15) is 0 Å². The highest BCUT2D eigenvalue weighted by atomic mass is 15.3. The van der Waals surface area contributed by atoms with Crippen molar-refractivity contribution in [3.63, 3.8) is 0 Å². The average molecular weight is 208 g/mol. The zero-order valence-corrected chi connectivity index (χ0v) is 9.82. The van der Waals surface area contributed by atoms with Crippen molar-refractivity contribution < 1.29 is 0 Å². The minimum Gasteiger partial charge on any atom is -0.337 e. The fourth-order valence-corrected chi connectivity index (χ4v) is 2.04. The van der Waals surface area contributed by atoms with Gasteiger partial charge in [-0.3, -0.25) is 4.90 Å². The Balaban J connectivity index is 2.07. The van der Waals surface area contributed by atoms with Gasteiger partial charge in [-0.15, -0.1) is 0 Å². The van der Waals surface area contributed by atoms with Crippen LogP contribution in [0.4, 0.5) is 0 Å². The molecule has 0 amide bonds. The van der Waals surface area contributed by atoms with Gasteiger partial charge in [0.25, 0.3) is 0 Å². The fraction of sp³-hybridized carbons (Fsp3) is 0.727. The van der Waals surface area contributed by atoms with Crippen LogP contribution in [0.3, 0.4) is 0 Å². The maximum absolute atomic E-state index is 4.38. The van der Waals surface area contributed by atoms with Crippen molar-refractivity contribution >= 4 is 0 Å². The van der Waals surface area contributed by atoms with Crippen molar-refractivity contribution in [2.45, 2.75) is 25.9 Å². The quantitative estimate of drug-likeness (QED) is 0.773. The van der Waals surface area contributed by atoms with Gasteiger partial charge in [-0.1, -0.05) is 0 Å². The topological polar surface area (TPSA) is 33.1 Å². The Morgan fingerprint density at radius 2 is 2.33 bits per heavy atom. The van der Waals surface area contributed by atoms with E-state index in [1.807, 2.05) is 12.4 Å². The molecule has 15 heavy (non-hydrogen) atoms. The van der Waals surface area contributed by atoms with E-state index in [-0.39, 0.29) is 5.54 Å². The molecule has 0 unspecified atom stereocenters. The maximum atomic E-state index is 4.38. The second-order valence-corrected chi connectivity index (χ2v) is 4.87. The summed E-state index contributed by atoms with van der Waals surface area (Å²) in [5.74, 6) is 1.14. The SMILES string of the molecule is Cn1ccnc1CN1CCNCC1(C)C. The second kappa shape index (κ2) is 3.94. The van der Waals surface area contributed by atoms with Gasteiger partial charge in [0.05, 0.1) is 6.54 Å². The predicted octanol–water partition coefficient (Wildman–Crippen LogP) is 0.604. The number of hydrogen-bond donors (Lipinski definition) is 1. The lowest BCUT2D eigenvalue weighted by atomic mass is 10.0. The Kier molecular flexibility index (Phi) is 2.80. The summed E-state index contributed by atoms with van der Waals surface area (Å²) < 4.78 is 2.10. The Bertz CT molecular complexity index is 329. The van der Waals surface area contributed by atoms with Gasteiger partial charge in [-0.2, -0.15) is 0 Å². The number of piperazine rings is 1. The highest BCUT2D eigenvalue weighted by molar-refractivity contribution is 4.96. The van der Waals surface area contributed by atoms with E-state index >= 15 is 0 Å². The molecule has 2 rings (SSSR count). The number of rotatable bonds is 2. The number of imidazole rings is 1. The lowest BCUT2D eigenvalue weighted by Crippen LogP contribution is -2.57. The predicted molar refractivity (Wildman–Crippen MR) is 60.6 cm³/mol. The first-order valence-electron chi connectivity index (χ1n) is 5.51. The van der Waals surface area contributed by atoms with Gasteiger partial charge in [0.1, 0.15) is 5.82 Å². The van der Waals surface area contributed by atoms with Crippen molar-refractivity contribution in [2.24, 2.45) is 7.05 Å². The zero-order chi connectivity index (χ0) is 10.9. The number of nitrogens with one attached hydrogen (secondary N) is 1. The standard InChI is InChI=1S/C11H20N4/c1-11(2)9-12-4-7-15(11)8-10-13-5-6-14(10)3/h5-6,12H,4,7-9H2,1-3H3. The Morgan fingerprint density at radius 1 is 1.53 bits per heavy atom. The van der Waals surface area contributed by atoms with Crippen LogP contribution in [0, 0.1) is 0 Å². The fourth-order valence-electron chi connectivity index (χ4n) is 2.04. The van der Waals surface area contributed by atoms with E-state index in [0.717, 1.165) is 32.0 Å². The molecule has 1 aromatic rings. The molecular weight excluding hydrogens is 188 g/mol. The Morgan fingerprint density at radius 3 is 2.93 bits per heavy atom. The molecule has 1 N–H and O–H groups in total. The summed E-state index contributed by atoms with van der Waals surface area (Å²) in [6.45, 7) is 8.73. The molecule has 0 saturated carbocycles. The average Bonchev–Trinajstić information content (AvgIpc) is 2.56. The summed E-state index contributed by atoms with van der Waals surface area (Å²) in [5.41, 5.74) is 0.226. The maximum Gasteiger partial charge on any atom is 0.122 e. The first-order chi connectivity index (χ1) is 7.09. The minimum atomic E-state index is 0.226.